The van der Waals surface area contributed by atoms with Crippen LogP contribution in [0.1, 0.15) is 22.3 Å². The Kier molecular flexibility index (Phi) is 11.9. The minimum absolute atomic E-state index is 1.25. The second-order valence-electron chi connectivity index (χ2n) is 17.0. The Hall–Kier alpha value is -5.52. The number of thiophene rings is 8. The molecule has 4 aromatic carbocycles. The average Bonchev–Trinajstić information content (AvgIpc) is 4.22. The Balaban J connectivity index is 0.731. The Morgan fingerprint density at radius 1 is 0.191 bits per heavy atom. The van der Waals surface area contributed by atoms with Gasteiger partial charge >= 0.3 is 0 Å². The molecule has 0 radical (unpaired) electrons. The lowest BCUT2D eigenvalue weighted by atomic mass is 10.0. The van der Waals surface area contributed by atoms with Gasteiger partial charge in [-0.25, -0.2) is 0 Å². The largest absolute Gasteiger partial charge is 0.134 e. The Morgan fingerprint density at radius 2 is 0.426 bits per heavy atom. The standard InChI is InChI=1S/C60H42S8/c1-35-31-53(43-19-15-41(16-20-43)39-11-7-5-8-12-39)65-57(35)49-27-23-45(61-49)47-25-29-51(63-47)59-37(3)33-55(67-59)56-34-38(4)60(68-56)52-30-26-48(64-52)46-24-28-50(62-46)58-36(2)32-54(66-58)44-21-17-42(18-22-44)40-13-9-6-10-14-40/h5-34H,1-4H3. The quantitative estimate of drug-likeness (QED) is 0.121. The van der Waals surface area contributed by atoms with Crippen LogP contribution in [0.15, 0.2) is 182 Å². The van der Waals surface area contributed by atoms with Crippen LogP contribution in [-0.4, -0.2) is 0 Å². The Morgan fingerprint density at radius 3 is 0.735 bits per heavy atom. The van der Waals surface area contributed by atoms with Crippen LogP contribution in [0.2, 0.25) is 0 Å². The van der Waals surface area contributed by atoms with E-state index < -0.39 is 0 Å². The average molecular weight is 1020 g/mol. The highest BCUT2D eigenvalue weighted by Crippen LogP contribution is 2.51. The second kappa shape index (κ2) is 18.4. The highest BCUT2D eigenvalue weighted by Gasteiger charge is 2.20. The maximum absolute atomic E-state index is 2.40. The van der Waals surface area contributed by atoms with E-state index in [1.807, 2.05) is 90.7 Å². The number of hydrogen-bond donors (Lipinski definition) is 0. The van der Waals surface area contributed by atoms with Crippen molar-refractivity contribution in [1.29, 1.82) is 0 Å². The van der Waals surface area contributed by atoms with Crippen LogP contribution in [0.5, 0.6) is 0 Å². The lowest BCUT2D eigenvalue weighted by molar-refractivity contribution is 1.54. The molecular formula is C60H42S8. The summed E-state index contributed by atoms with van der Waals surface area (Å²) in [6.07, 6.45) is 0. The molecule has 0 aliphatic carbocycles. The van der Waals surface area contributed by atoms with Gasteiger partial charge < -0.3 is 0 Å². The van der Waals surface area contributed by atoms with Gasteiger partial charge in [0.1, 0.15) is 0 Å². The van der Waals surface area contributed by atoms with Crippen molar-refractivity contribution < 1.29 is 0 Å². The van der Waals surface area contributed by atoms with Crippen LogP contribution in [0.3, 0.4) is 0 Å². The fraction of sp³-hybridized carbons (Fsp3) is 0.0667. The van der Waals surface area contributed by atoms with Crippen molar-refractivity contribution in [3.05, 3.63) is 204 Å². The molecule has 12 aromatic rings. The Bertz CT molecular complexity index is 3450. The van der Waals surface area contributed by atoms with Crippen LogP contribution < -0.4 is 0 Å². The molecule has 0 amide bonds. The summed E-state index contributed by atoms with van der Waals surface area (Å²) < 4.78 is 0. The van der Waals surface area contributed by atoms with Crippen LogP contribution in [0.4, 0.5) is 0 Å². The van der Waals surface area contributed by atoms with E-state index in [2.05, 4.69) is 210 Å². The second-order valence-corrected chi connectivity index (χ2v) is 25.6. The molecule has 0 bridgehead atoms. The van der Waals surface area contributed by atoms with Gasteiger partial charge in [-0.05, 0) is 156 Å². The highest BCUT2D eigenvalue weighted by molar-refractivity contribution is 7.32. The lowest BCUT2D eigenvalue weighted by Crippen LogP contribution is -1.77. The molecule has 330 valence electrons. The topological polar surface area (TPSA) is 0 Å². The third-order valence-corrected chi connectivity index (χ3v) is 23.0. The van der Waals surface area contributed by atoms with Gasteiger partial charge in [0.05, 0.1) is 0 Å². The van der Waals surface area contributed by atoms with E-state index in [0.29, 0.717) is 0 Å². The van der Waals surface area contributed by atoms with Gasteiger partial charge in [0.25, 0.3) is 0 Å². The fourth-order valence-electron chi connectivity index (χ4n) is 8.72. The molecule has 8 heteroatoms. The molecule has 8 aromatic heterocycles. The molecule has 0 unspecified atom stereocenters. The monoisotopic (exact) mass is 1020 g/mol. The molecule has 68 heavy (non-hydrogen) atoms. The van der Waals surface area contributed by atoms with E-state index in [1.54, 1.807) is 0 Å². The van der Waals surface area contributed by atoms with Gasteiger partial charge in [-0.3, -0.25) is 0 Å². The maximum atomic E-state index is 2.40. The first kappa shape index (κ1) is 43.7. The summed E-state index contributed by atoms with van der Waals surface area (Å²) in [7, 11) is 0. The zero-order chi connectivity index (χ0) is 45.9. The van der Waals surface area contributed by atoms with Gasteiger partial charge in [-0.1, -0.05) is 109 Å². The van der Waals surface area contributed by atoms with Crippen molar-refractivity contribution in [2.75, 3.05) is 0 Å². The number of hydrogen-bond acceptors (Lipinski definition) is 8. The molecule has 0 nitrogen and oxygen atoms in total. The highest BCUT2D eigenvalue weighted by atomic mass is 32.1. The molecule has 0 spiro atoms. The molecule has 8 heterocycles. The van der Waals surface area contributed by atoms with E-state index in [1.165, 1.54) is 134 Å². The van der Waals surface area contributed by atoms with E-state index >= 15 is 0 Å². The van der Waals surface area contributed by atoms with Crippen molar-refractivity contribution in [3.8, 4) is 111 Å². The summed E-state index contributed by atoms with van der Waals surface area (Å²) in [5, 5.41) is 0. The van der Waals surface area contributed by atoms with E-state index in [0.717, 1.165) is 0 Å². The first-order valence-corrected chi connectivity index (χ1v) is 29.0. The first-order valence-electron chi connectivity index (χ1n) is 22.4. The van der Waals surface area contributed by atoms with Gasteiger partial charge in [0, 0.05) is 78.0 Å². The first-order chi connectivity index (χ1) is 33.3. The summed E-state index contributed by atoms with van der Waals surface area (Å²) in [5.74, 6) is 0. The fourth-order valence-corrected chi connectivity index (χ4v) is 18.4. The molecular weight excluding hydrogens is 977 g/mol. The molecule has 0 saturated carbocycles. The number of benzene rings is 4. The number of aryl methyl sites for hydroxylation is 4. The van der Waals surface area contributed by atoms with Crippen molar-refractivity contribution in [2.45, 2.75) is 27.7 Å². The van der Waals surface area contributed by atoms with E-state index in [4.69, 9.17) is 0 Å². The predicted octanol–water partition coefficient (Wildman–Crippen LogP) is 21.7. The summed E-state index contributed by atoms with van der Waals surface area (Å²) in [6.45, 7) is 9.04. The number of rotatable bonds is 11. The molecule has 12 rings (SSSR count). The zero-order valence-electron chi connectivity index (χ0n) is 37.6. The summed E-state index contributed by atoms with van der Waals surface area (Å²) >= 11 is 15.3. The smallest absolute Gasteiger partial charge is 0.0478 e. The lowest BCUT2D eigenvalue weighted by Gasteiger charge is -2.03. The Labute approximate surface area is 430 Å². The normalized spacial score (nSPS) is 11.5. The minimum atomic E-state index is 1.25. The third-order valence-electron chi connectivity index (χ3n) is 12.3. The van der Waals surface area contributed by atoms with Crippen LogP contribution in [0, 0.1) is 27.7 Å². The van der Waals surface area contributed by atoms with E-state index in [9.17, 15) is 0 Å². The van der Waals surface area contributed by atoms with Crippen LogP contribution >= 0.6 is 90.7 Å². The third kappa shape index (κ3) is 8.52. The molecule has 0 aliphatic heterocycles. The maximum Gasteiger partial charge on any atom is 0.0478 e. The van der Waals surface area contributed by atoms with Gasteiger partial charge in [0.2, 0.25) is 0 Å². The van der Waals surface area contributed by atoms with E-state index in [-0.39, 0.29) is 0 Å². The van der Waals surface area contributed by atoms with Crippen LogP contribution in [0.25, 0.3) is 111 Å². The minimum Gasteiger partial charge on any atom is -0.134 e. The van der Waals surface area contributed by atoms with Crippen molar-refractivity contribution in [1.82, 2.24) is 0 Å². The molecule has 0 N–H and O–H groups in total. The molecule has 0 aliphatic rings. The van der Waals surface area contributed by atoms with Gasteiger partial charge in [-0.15, -0.1) is 90.7 Å². The molecule has 0 saturated heterocycles. The van der Waals surface area contributed by atoms with Gasteiger partial charge in [-0.2, -0.15) is 0 Å². The zero-order valence-corrected chi connectivity index (χ0v) is 44.1. The summed E-state index contributed by atoms with van der Waals surface area (Å²) in [5.41, 5.74) is 12.9. The predicted molar refractivity (Wildman–Crippen MR) is 308 cm³/mol. The van der Waals surface area contributed by atoms with Crippen molar-refractivity contribution >= 4 is 90.7 Å². The summed E-state index contributed by atoms with van der Waals surface area (Å²) in [6, 6.07) is 67.3. The molecule has 0 atom stereocenters. The molecule has 0 fully saturated rings. The summed E-state index contributed by atoms with van der Waals surface area (Å²) in [4.78, 5) is 21.5. The van der Waals surface area contributed by atoms with Gasteiger partial charge in [0.15, 0.2) is 0 Å². The van der Waals surface area contributed by atoms with Crippen LogP contribution in [-0.2, 0) is 0 Å². The van der Waals surface area contributed by atoms with Crippen molar-refractivity contribution in [2.24, 2.45) is 0 Å². The SMILES string of the molecule is Cc1cc(-c2ccc(-c3ccccc3)cc2)sc1-c1ccc(-c2ccc(-c3sc(-c4cc(C)c(-c5ccc(-c6ccc(-c7sc(-c8ccc(-c9ccccc9)cc8)cc7C)s6)s5)s4)cc3C)s2)s1. The van der Waals surface area contributed by atoms with Crippen molar-refractivity contribution in [3.63, 3.8) is 0 Å².